The Bertz CT molecular complexity index is 1130. The minimum absolute atomic E-state index is 0.0586. The van der Waals surface area contributed by atoms with Crippen LogP contribution in [0.1, 0.15) is 47.0 Å². The first-order chi connectivity index (χ1) is 15.6. The van der Waals surface area contributed by atoms with Crippen LogP contribution in [0.3, 0.4) is 0 Å². The predicted octanol–water partition coefficient (Wildman–Crippen LogP) is 2.65. The standard InChI is InChI=1S/C23H31N7O3/c1-22(2,3)23(4)10-8-16(9-11-23)30-18-17(27-28-30)13-24-21(26-18)25-15-7-6-12-29(14-15)19(31)20(32)33-5/h8-10,13,15H,6-7,11-12,14H2,1-5H3,(H,24,25,26). The van der Waals surface area contributed by atoms with Gasteiger partial charge in [-0.2, -0.15) is 9.67 Å². The lowest BCUT2D eigenvalue weighted by atomic mass is 9.64. The molecular weight excluding hydrogens is 422 g/mol. The number of anilines is 1. The molecule has 2 aromatic rings. The van der Waals surface area contributed by atoms with E-state index in [4.69, 9.17) is 0 Å². The molecule has 0 saturated carbocycles. The van der Waals surface area contributed by atoms with Crippen molar-refractivity contribution in [1.82, 2.24) is 29.9 Å². The summed E-state index contributed by atoms with van der Waals surface area (Å²) in [6, 6.07) is -0.0737. The van der Waals surface area contributed by atoms with E-state index in [0.29, 0.717) is 30.2 Å². The molecule has 10 heteroatoms. The Hall–Kier alpha value is -3.30. The van der Waals surface area contributed by atoms with Crippen LogP contribution in [0.2, 0.25) is 0 Å². The number of carbonyl (C=O) groups is 2. The Labute approximate surface area is 193 Å². The summed E-state index contributed by atoms with van der Waals surface area (Å²) in [5.41, 5.74) is 2.34. The Morgan fingerprint density at radius 3 is 2.76 bits per heavy atom. The molecule has 0 spiro atoms. The van der Waals surface area contributed by atoms with Gasteiger partial charge in [-0.25, -0.2) is 9.78 Å². The second kappa shape index (κ2) is 8.57. The summed E-state index contributed by atoms with van der Waals surface area (Å²) in [5, 5.41) is 11.8. The Morgan fingerprint density at radius 1 is 1.30 bits per heavy atom. The molecule has 0 bridgehead atoms. The van der Waals surface area contributed by atoms with Crippen molar-refractivity contribution in [1.29, 1.82) is 0 Å². The number of carbonyl (C=O) groups excluding carboxylic acids is 2. The molecule has 4 rings (SSSR count). The summed E-state index contributed by atoms with van der Waals surface area (Å²) >= 11 is 0. The van der Waals surface area contributed by atoms with Gasteiger partial charge in [0.05, 0.1) is 19.0 Å². The minimum Gasteiger partial charge on any atom is -0.462 e. The summed E-state index contributed by atoms with van der Waals surface area (Å²) in [6.07, 6.45) is 10.6. The van der Waals surface area contributed by atoms with Crippen molar-refractivity contribution in [2.24, 2.45) is 10.8 Å². The number of ether oxygens (including phenoxy) is 1. The summed E-state index contributed by atoms with van der Waals surface area (Å²) in [4.78, 5) is 34.3. The van der Waals surface area contributed by atoms with Crippen molar-refractivity contribution in [3.8, 4) is 0 Å². The molecule has 3 heterocycles. The first kappa shape index (κ1) is 22.9. The quantitative estimate of drug-likeness (QED) is 0.557. The van der Waals surface area contributed by atoms with Crippen LogP contribution in [-0.2, 0) is 14.3 Å². The van der Waals surface area contributed by atoms with E-state index < -0.39 is 11.9 Å². The van der Waals surface area contributed by atoms with Crippen molar-refractivity contribution < 1.29 is 14.3 Å². The van der Waals surface area contributed by atoms with Gasteiger partial charge in [-0.15, -0.1) is 5.10 Å². The molecule has 1 fully saturated rings. The fourth-order valence-corrected chi connectivity index (χ4v) is 4.09. The number of nitrogens with one attached hydrogen (secondary N) is 1. The number of rotatable bonds is 3. The van der Waals surface area contributed by atoms with Gasteiger partial charge in [-0.05, 0) is 36.2 Å². The third-order valence-electron chi connectivity index (χ3n) is 6.91. The van der Waals surface area contributed by atoms with Gasteiger partial charge in [-0.3, -0.25) is 4.79 Å². The zero-order chi connectivity index (χ0) is 23.8. The highest BCUT2D eigenvalue weighted by molar-refractivity contribution is 6.32. The number of amides is 1. The predicted molar refractivity (Wildman–Crippen MR) is 124 cm³/mol. The zero-order valence-electron chi connectivity index (χ0n) is 19.8. The molecular formula is C23H31N7O3. The molecule has 1 aliphatic heterocycles. The van der Waals surface area contributed by atoms with Gasteiger partial charge >= 0.3 is 11.9 Å². The van der Waals surface area contributed by atoms with Gasteiger partial charge in [0.2, 0.25) is 5.95 Å². The molecule has 33 heavy (non-hydrogen) atoms. The van der Waals surface area contributed by atoms with Crippen LogP contribution in [0.5, 0.6) is 0 Å². The van der Waals surface area contributed by atoms with E-state index in [0.717, 1.165) is 25.0 Å². The lowest BCUT2D eigenvalue weighted by molar-refractivity contribution is -0.158. The van der Waals surface area contributed by atoms with Crippen LogP contribution in [0, 0.1) is 10.8 Å². The van der Waals surface area contributed by atoms with E-state index >= 15 is 0 Å². The number of fused-ring (bicyclic) bond motifs is 1. The molecule has 1 N–H and O–H groups in total. The smallest absolute Gasteiger partial charge is 0.396 e. The molecule has 176 valence electrons. The van der Waals surface area contributed by atoms with Crippen molar-refractivity contribution in [3.63, 3.8) is 0 Å². The summed E-state index contributed by atoms with van der Waals surface area (Å²) in [5.74, 6) is -1.04. The number of aromatic nitrogens is 5. The number of methoxy groups -OCH3 is 1. The molecule has 2 aliphatic rings. The zero-order valence-corrected chi connectivity index (χ0v) is 19.8. The normalized spacial score (nSPS) is 23.4. The number of hydrogen-bond acceptors (Lipinski definition) is 8. The van der Waals surface area contributed by atoms with Crippen LogP contribution in [0.4, 0.5) is 5.95 Å². The first-order valence-electron chi connectivity index (χ1n) is 11.2. The van der Waals surface area contributed by atoms with E-state index in [-0.39, 0.29) is 16.9 Å². The Kier molecular flexibility index (Phi) is 5.94. The monoisotopic (exact) mass is 453 g/mol. The maximum Gasteiger partial charge on any atom is 0.396 e. The minimum atomic E-state index is -0.848. The molecule has 2 unspecified atom stereocenters. The highest BCUT2D eigenvalue weighted by Gasteiger charge is 2.36. The van der Waals surface area contributed by atoms with Crippen LogP contribution < -0.4 is 5.32 Å². The number of nitrogens with zero attached hydrogens (tertiary/aromatic N) is 6. The van der Waals surface area contributed by atoms with Crippen LogP contribution >= 0.6 is 0 Å². The van der Waals surface area contributed by atoms with Crippen molar-refractivity contribution >= 4 is 34.7 Å². The summed E-state index contributed by atoms with van der Waals surface area (Å²) in [7, 11) is 1.21. The molecule has 2 atom stereocenters. The van der Waals surface area contributed by atoms with Gasteiger partial charge in [-0.1, -0.05) is 45.1 Å². The van der Waals surface area contributed by atoms with Gasteiger partial charge in [0.15, 0.2) is 11.2 Å². The van der Waals surface area contributed by atoms with Gasteiger partial charge in [0.1, 0.15) is 0 Å². The highest BCUT2D eigenvalue weighted by atomic mass is 16.5. The number of likely N-dealkylation sites (tertiary alicyclic amines) is 1. The van der Waals surface area contributed by atoms with Gasteiger partial charge < -0.3 is 15.0 Å². The van der Waals surface area contributed by atoms with Crippen LogP contribution in [0.25, 0.3) is 16.9 Å². The first-order valence-corrected chi connectivity index (χ1v) is 11.2. The van der Waals surface area contributed by atoms with E-state index in [9.17, 15) is 9.59 Å². The lowest BCUT2D eigenvalue weighted by Gasteiger charge is -2.40. The second-order valence-corrected chi connectivity index (χ2v) is 9.96. The Morgan fingerprint density at radius 2 is 2.09 bits per heavy atom. The van der Waals surface area contributed by atoms with Crippen molar-refractivity contribution in [2.75, 3.05) is 25.5 Å². The molecule has 0 radical (unpaired) electrons. The van der Waals surface area contributed by atoms with E-state index in [1.807, 2.05) is 0 Å². The average Bonchev–Trinajstić information content (AvgIpc) is 3.21. The largest absolute Gasteiger partial charge is 0.462 e. The molecule has 1 amide bonds. The summed E-state index contributed by atoms with van der Waals surface area (Å²) < 4.78 is 6.29. The van der Waals surface area contributed by atoms with E-state index in [2.05, 4.69) is 76.3 Å². The average molecular weight is 454 g/mol. The maximum absolute atomic E-state index is 12.2. The Balaban J connectivity index is 1.52. The van der Waals surface area contributed by atoms with Gasteiger partial charge in [0.25, 0.3) is 0 Å². The molecule has 10 nitrogen and oxygen atoms in total. The SMILES string of the molecule is COC(=O)C(=O)N1CCCC(Nc2ncc3nnn(C4=CCC(C)(C(C)(C)C)C=C4)c3n2)C1. The van der Waals surface area contributed by atoms with Crippen molar-refractivity contribution in [3.05, 3.63) is 24.4 Å². The third-order valence-corrected chi connectivity index (χ3v) is 6.91. The van der Waals surface area contributed by atoms with Crippen LogP contribution in [0.15, 0.2) is 24.4 Å². The van der Waals surface area contributed by atoms with E-state index in [1.54, 1.807) is 10.9 Å². The highest BCUT2D eigenvalue weighted by Crippen LogP contribution is 2.45. The number of esters is 1. The van der Waals surface area contributed by atoms with E-state index in [1.165, 1.54) is 12.0 Å². The molecule has 1 aliphatic carbocycles. The molecule has 2 aromatic heterocycles. The maximum atomic E-state index is 12.2. The third kappa shape index (κ3) is 4.46. The molecule has 0 aromatic carbocycles. The molecule has 1 saturated heterocycles. The fraction of sp³-hybridized carbons (Fsp3) is 0.565. The fourth-order valence-electron chi connectivity index (χ4n) is 4.09. The lowest BCUT2D eigenvalue weighted by Crippen LogP contribution is -2.48. The number of piperidine rings is 1. The van der Waals surface area contributed by atoms with Gasteiger partial charge in [0, 0.05) is 19.1 Å². The van der Waals surface area contributed by atoms with Crippen LogP contribution in [-0.4, -0.2) is 68.0 Å². The number of hydrogen-bond donors (Lipinski definition) is 1. The second-order valence-electron chi connectivity index (χ2n) is 9.96. The van der Waals surface area contributed by atoms with Crippen molar-refractivity contribution in [2.45, 2.75) is 53.0 Å². The number of allylic oxidation sites excluding steroid dienone is 4. The summed E-state index contributed by atoms with van der Waals surface area (Å²) in [6.45, 7) is 9.91. The topological polar surface area (TPSA) is 115 Å².